The van der Waals surface area contributed by atoms with E-state index >= 15 is 0 Å². The number of aliphatic hydroxyl groups is 1. The Bertz CT molecular complexity index is 859. The zero-order valence-electron chi connectivity index (χ0n) is 11.2. The normalized spacial score (nSPS) is 12.7. The molecule has 0 aliphatic rings. The topological polar surface area (TPSA) is 68.0 Å². The number of benzene rings is 1. The predicted octanol–water partition coefficient (Wildman–Crippen LogP) is 2.55. The molecule has 0 saturated carbocycles. The first-order chi connectivity index (χ1) is 10.1. The van der Waals surface area contributed by atoms with Gasteiger partial charge in [0.05, 0.1) is 30.1 Å². The van der Waals surface area contributed by atoms with Crippen molar-refractivity contribution in [3.63, 3.8) is 0 Å². The highest BCUT2D eigenvalue weighted by molar-refractivity contribution is 7.12. The maximum atomic E-state index is 12.4. The lowest BCUT2D eigenvalue weighted by molar-refractivity contribution is 0.155. The van der Waals surface area contributed by atoms with Gasteiger partial charge in [-0.25, -0.2) is 4.98 Å². The van der Waals surface area contributed by atoms with Crippen LogP contribution in [0, 0.1) is 6.92 Å². The summed E-state index contributed by atoms with van der Waals surface area (Å²) in [5, 5.41) is 11.3. The van der Waals surface area contributed by atoms with Crippen LogP contribution < -0.4 is 5.56 Å². The van der Waals surface area contributed by atoms with E-state index in [2.05, 4.69) is 9.36 Å². The third kappa shape index (κ3) is 2.57. The van der Waals surface area contributed by atoms with Crippen molar-refractivity contribution < 1.29 is 5.11 Å². The highest BCUT2D eigenvalue weighted by Crippen LogP contribution is 2.23. The molecule has 2 heterocycles. The van der Waals surface area contributed by atoms with Crippen LogP contribution in [-0.4, -0.2) is 19.0 Å². The summed E-state index contributed by atoms with van der Waals surface area (Å²) in [5.41, 5.74) is 1.05. The Morgan fingerprint density at radius 2 is 2.19 bits per heavy atom. The van der Waals surface area contributed by atoms with Crippen molar-refractivity contribution >= 4 is 33.4 Å². The van der Waals surface area contributed by atoms with Crippen LogP contribution in [0.15, 0.2) is 35.4 Å². The molecule has 5 nitrogen and oxygen atoms in total. The molecule has 0 spiro atoms. The van der Waals surface area contributed by atoms with Gasteiger partial charge in [-0.2, -0.15) is 4.37 Å². The fourth-order valence-electron chi connectivity index (χ4n) is 2.17. The molecule has 108 valence electrons. The first kappa shape index (κ1) is 14.2. The minimum absolute atomic E-state index is 0.0980. The molecule has 3 aromatic rings. The number of aryl methyl sites for hydroxylation is 1. The van der Waals surface area contributed by atoms with Crippen LogP contribution in [-0.2, 0) is 6.54 Å². The Morgan fingerprint density at radius 3 is 2.95 bits per heavy atom. The number of hydrogen-bond donors (Lipinski definition) is 1. The molecular weight excluding hydrogens is 310 g/mol. The predicted molar refractivity (Wildman–Crippen MR) is 82.8 cm³/mol. The van der Waals surface area contributed by atoms with E-state index in [1.165, 1.54) is 22.4 Å². The van der Waals surface area contributed by atoms with Crippen molar-refractivity contribution in [2.45, 2.75) is 19.6 Å². The third-order valence-corrected chi connectivity index (χ3v) is 4.46. The zero-order chi connectivity index (χ0) is 15.0. The lowest BCUT2D eigenvalue weighted by Crippen LogP contribution is -2.23. The molecule has 1 atom stereocenters. The lowest BCUT2D eigenvalue weighted by atomic mass is 10.1. The van der Waals surface area contributed by atoms with E-state index in [-0.39, 0.29) is 12.1 Å². The van der Waals surface area contributed by atoms with E-state index in [9.17, 15) is 9.90 Å². The molecule has 7 heteroatoms. The number of fused-ring (bicyclic) bond motifs is 1. The first-order valence-electron chi connectivity index (χ1n) is 6.32. The summed E-state index contributed by atoms with van der Waals surface area (Å²) < 4.78 is 5.52. The molecule has 2 aromatic heterocycles. The number of hydrogen-bond acceptors (Lipinski definition) is 5. The van der Waals surface area contributed by atoms with Gasteiger partial charge in [0.15, 0.2) is 4.83 Å². The molecule has 0 aliphatic carbocycles. The van der Waals surface area contributed by atoms with E-state index in [4.69, 9.17) is 11.6 Å². The molecule has 0 fully saturated rings. The number of aliphatic hydroxyl groups excluding tert-OH is 1. The molecule has 0 amide bonds. The standard InChI is InChI=1S/C14H12ClN3O2S/c1-8-12-13(21-17-8)16-7-18(14(12)20)6-11(19)9-4-2-3-5-10(9)15/h2-5,7,11,19H,6H2,1H3/t11-/m0/s1. The Balaban J connectivity index is 1.99. The van der Waals surface area contributed by atoms with Crippen molar-refractivity contribution in [2.24, 2.45) is 0 Å². The van der Waals surface area contributed by atoms with Gasteiger partial charge in [0.2, 0.25) is 0 Å². The first-order valence-corrected chi connectivity index (χ1v) is 7.47. The Hall–Kier alpha value is -1.76. The molecular formula is C14H12ClN3O2S. The van der Waals surface area contributed by atoms with Gasteiger partial charge in [0.1, 0.15) is 0 Å². The maximum absolute atomic E-state index is 12.4. The zero-order valence-corrected chi connectivity index (χ0v) is 12.7. The van der Waals surface area contributed by atoms with Crippen molar-refractivity contribution in [3.05, 3.63) is 57.2 Å². The average Bonchev–Trinajstić information content (AvgIpc) is 2.84. The van der Waals surface area contributed by atoms with Gasteiger partial charge in [-0.15, -0.1) is 0 Å². The fraction of sp³-hybridized carbons (Fsp3) is 0.214. The summed E-state index contributed by atoms with van der Waals surface area (Å²) in [6.45, 7) is 1.87. The minimum atomic E-state index is -0.873. The quantitative estimate of drug-likeness (QED) is 0.805. The largest absolute Gasteiger partial charge is 0.386 e. The van der Waals surface area contributed by atoms with Gasteiger partial charge in [-0.3, -0.25) is 9.36 Å². The number of nitrogens with zero attached hydrogens (tertiary/aromatic N) is 3. The Morgan fingerprint density at radius 1 is 1.43 bits per heavy atom. The second-order valence-electron chi connectivity index (χ2n) is 4.69. The molecule has 3 rings (SSSR count). The van der Waals surface area contributed by atoms with Crippen molar-refractivity contribution in [2.75, 3.05) is 0 Å². The number of rotatable bonds is 3. The van der Waals surface area contributed by atoms with Gasteiger partial charge < -0.3 is 5.11 Å². The van der Waals surface area contributed by atoms with Gasteiger partial charge in [0, 0.05) is 10.6 Å². The van der Waals surface area contributed by atoms with Crippen molar-refractivity contribution in [1.82, 2.24) is 13.9 Å². The van der Waals surface area contributed by atoms with Crippen LogP contribution in [0.25, 0.3) is 10.2 Å². The van der Waals surface area contributed by atoms with Crippen LogP contribution in [0.4, 0.5) is 0 Å². The van der Waals surface area contributed by atoms with Gasteiger partial charge >= 0.3 is 0 Å². The summed E-state index contributed by atoms with van der Waals surface area (Å²) in [6.07, 6.45) is 0.560. The summed E-state index contributed by atoms with van der Waals surface area (Å²) in [4.78, 5) is 17.2. The monoisotopic (exact) mass is 321 g/mol. The Labute approximate surface area is 129 Å². The summed E-state index contributed by atoms with van der Waals surface area (Å²) >= 11 is 7.25. The lowest BCUT2D eigenvalue weighted by Gasteiger charge is -2.14. The molecule has 21 heavy (non-hydrogen) atoms. The van der Waals surface area contributed by atoms with E-state index < -0.39 is 6.10 Å². The Kier molecular flexibility index (Phi) is 3.75. The van der Waals surface area contributed by atoms with Crippen LogP contribution in [0.3, 0.4) is 0 Å². The van der Waals surface area contributed by atoms with E-state index in [1.807, 2.05) is 0 Å². The van der Waals surface area contributed by atoms with Crippen molar-refractivity contribution in [1.29, 1.82) is 0 Å². The van der Waals surface area contributed by atoms with Crippen LogP contribution >= 0.6 is 23.1 Å². The second kappa shape index (κ2) is 5.55. The van der Waals surface area contributed by atoms with E-state index in [1.54, 1.807) is 31.2 Å². The molecule has 0 radical (unpaired) electrons. The molecule has 0 aliphatic heterocycles. The maximum Gasteiger partial charge on any atom is 0.264 e. The smallest absolute Gasteiger partial charge is 0.264 e. The van der Waals surface area contributed by atoms with Gasteiger partial charge in [-0.05, 0) is 24.5 Å². The molecule has 0 bridgehead atoms. The summed E-state index contributed by atoms with van der Waals surface area (Å²) in [6, 6.07) is 7.03. The van der Waals surface area contributed by atoms with Crippen LogP contribution in [0.2, 0.25) is 5.02 Å². The average molecular weight is 322 g/mol. The summed E-state index contributed by atoms with van der Waals surface area (Å²) in [5.74, 6) is 0. The summed E-state index contributed by atoms with van der Waals surface area (Å²) in [7, 11) is 0. The van der Waals surface area contributed by atoms with Crippen LogP contribution in [0.1, 0.15) is 17.4 Å². The third-order valence-electron chi connectivity index (χ3n) is 3.27. The van der Waals surface area contributed by atoms with Gasteiger partial charge in [0.25, 0.3) is 5.56 Å². The van der Waals surface area contributed by atoms with Crippen molar-refractivity contribution in [3.8, 4) is 0 Å². The molecule has 1 N–H and O–H groups in total. The highest BCUT2D eigenvalue weighted by atomic mass is 35.5. The minimum Gasteiger partial charge on any atom is -0.386 e. The second-order valence-corrected chi connectivity index (χ2v) is 5.85. The molecule has 0 saturated heterocycles. The molecule has 1 aromatic carbocycles. The fourth-order valence-corrected chi connectivity index (χ4v) is 3.17. The van der Waals surface area contributed by atoms with E-state index in [0.717, 1.165) is 0 Å². The highest BCUT2D eigenvalue weighted by Gasteiger charge is 2.15. The van der Waals surface area contributed by atoms with Crippen LogP contribution in [0.5, 0.6) is 0 Å². The SMILES string of the molecule is Cc1nsc2ncn(C[C@H](O)c3ccccc3Cl)c(=O)c12. The number of halogens is 1. The van der Waals surface area contributed by atoms with E-state index in [0.29, 0.717) is 26.5 Å². The molecule has 0 unspecified atom stereocenters. The van der Waals surface area contributed by atoms with Gasteiger partial charge in [-0.1, -0.05) is 29.8 Å². The number of aromatic nitrogens is 3.